The molecule has 2 aliphatic heterocycles. The molecule has 0 bridgehead atoms. The lowest BCUT2D eigenvalue weighted by Gasteiger charge is -2.43. The molecule has 3 heterocycles. The Labute approximate surface area is 171 Å². The number of ether oxygens (including phenoxy) is 1. The molecule has 158 valence electrons. The van der Waals surface area contributed by atoms with Crippen molar-refractivity contribution >= 4 is 17.3 Å². The fraction of sp³-hybridized carbons (Fsp3) is 0.800. The first kappa shape index (κ1) is 21.6. The number of aryl methyl sites for hydroxylation is 1. The topological polar surface area (TPSA) is 82.4 Å². The molecule has 2 fully saturated rings. The predicted molar refractivity (Wildman–Crippen MR) is 113 cm³/mol. The van der Waals surface area contributed by atoms with Gasteiger partial charge in [-0.1, -0.05) is 0 Å². The van der Waals surface area contributed by atoms with Gasteiger partial charge in [0.15, 0.2) is 0 Å². The Hall–Kier alpha value is -1.09. The van der Waals surface area contributed by atoms with Crippen LogP contribution < -0.4 is 15.2 Å². The van der Waals surface area contributed by atoms with Crippen LogP contribution in [0.1, 0.15) is 46.1 Å². The quantitative estimate of drug-likeness (QED) is 0.762. The molecule has 2 aliphatic rings. The van der Waals surface area contributed by atoms with E-state index in [1.807, 2.05) is 20.8 Å². The van der Waals surface area contributed by atoms with Crippen molar-refractivity contribution in [3.63, 3.8) is 0 Å². The average Bonchev–Trinajstić information content (AvgIpc) is 2.93. The Bertz CT molecular complexity index is 753. The monoisotopic (exact) mass is 410 g/mol. The number of aromatic nitrogens is 2. The summed E-state index contributed by atoms with van der Waals surface area (Å²) in [5.41, 5.74) is 0.764. The molecular weight excluding hydrogens is 376 g/mol. The minimum atomic E-state index is -1.08. The number of rotatable bonds is 4. The molecule has 8 heteroatoms. The zero-order valence-corrected chi connectivity index (χ0v) is 18.8. The first-order valence-corrected chi connectivity index (χ1v) is 11.2. The maximum absolute atomic E-state index is 12.4. The van der Waals surface area contributed by atoms with Crippen LogP contribution in [0.15, 0.2) is 11.0 Å². The standard InChI is InChI=1S/C20H34N4O3S/c1-14-11-21-18(23(6)17(14)25)24-9-7-20(8-10-24)13-27-15(2)16(20)12-22-28(26)19(3,4)5/h11,15-16,22H,7-10,12-13H2,1-6H3/t15-,16+,28?/m0/s1. The second kappa shape index (κ2) is 7.97. The van der Waals surface area contributed by atoms with E-state index in [4.69, 9.17) is 4.74 Å². The number of hydrogen-bond donors (Lipinski definition) is 1. The van der Waals surface area contributed by atoms with Crippen molar-refractivity contribution in [1.29, 1.82) is 0 Å². The lowest BCUT2D eigenvalue weighted by molar-refractivity contribution is 0.0966. The van der Waals surface area contributed by atoms with E-state index in [2.05, 4.69) is 21.5 Å². The third-order valence-electron chi connectivity index (χ3n) is 6.34. The molecular formula is C20H34N4O3S. The summed E-state index contributed by atoms with van der Waals surface area (Å²) in [5, 5.41) is 0. The summed E-state index contributed by atoms with van der Waals surface area (Å²) in [5.74, 6) is 1.07. The van der Waals surface area contributed by atoms with Gasteiger partial charge in [-0.2, -0.15) is 0 Å². The highest BCUT2D eigenvalue weighted by atomic mass is 32.2. The van der Waals surface area contributed by atoms with Gasteiger partial charge in [0, 0.05) is 61.1 Å². The molecule has 7 nitrogen and oxygen atoms in total. The largest absolute Gasteiger partial charge is 0.598 e. The zero-order chi connectivity index (χ0) is 20.7. The van der Waals surface area contributed by atoms with Gasteiger partial charge in [0.1, 0.15) is 4.75 Å². The van der Waals surface area contributed by atoms with Gasteiger partial charge in [-0.25, -0.2) is 4.98 Å². The summed E-state index contributed by atoms with van der Waals surface area (Å²) in [6.45, 7) is 13.0. The Balaban J connectivity index is 1.69. The highest BCUT2D eigenvalue weighted by Gasteiger charge is 2.50. The van der Waals surface area contributed by atoms with Crippen molar-refractivity contribution in [3.05, 3.63) is 22.1 Å². The van der Waals surface area contributed by atoms with Gasteiger partial charge in [-0.05, 0) is 47.5 Å². The Morgan fingerprint density at radius 3 is 2.64 bits per heavy atom. The molecule has 1 spiro atoms. The highest BCUT2D eigenvalue weighted by molar-refractivity contribution is 7.90. The van der Waals surface area contributed by atoms with E-state index in [1.165, 1.54) is 0 Å². The third kappa shape index (κ3) is 4.10. The molecule has 1 aromatic rings. The number of nitrogens with zero attached hydrogens (tertiary/aromatic N) is 3. The zero-order valence-electron chi connectivity index (χ0n) is 17.9. The van der Waals surface area contributed by atoms with Crippen molar-refractivity contribution in [2.24, 2.45) is 18.4 Å². The van der Waals surface area contributed by atoms with Crippen LogP contribution in [0.5, 0.6) is 0 Å². The molecule has 2 saturated heterocycles. The Morgan fingerprint density at radius 1 is 1.39 bits per heavy atom. The summed E-state index contributed by atoms with van der Waals surface area (Å²) < 4.78 is 23.1. The van der Waals surface area contributed by atoms with E-state index in [0.717, 1.165) is 38.5 Å². The first-order chi connectivity index (χ1) is 13.0. The molecule has 3 rings (SSSR count). The number of piperidine rings is 1. The third-order valence-corrected chi connectivity index (χ3v) is 7.88. The molecule has 28 heavy (non-hydrogen) atoms. The second-order valence-corrected chi connectivity index (χ2v) is 11.4. The van der Waals surface area contributed by atoms with Gasteiger partial charge in [0.2, 0.25) is 5.95 Å². The van der Waals surface area contributed by atoms with Crippen LogP contribution in [-0.2, 0) is 23.1 Å². The van der Waals surface area contributed by atoms with Crippen LogP contribution in [-0.4, -0.2) is 51.2 Å². The van der Waals surface area contributed by atoms with Crippen molar-refractivity contribution in [2.75, 3.05) is 31.1 Å². The van der Waals surface area contributed by atoms with E-state index in [1.54, 1.807) is 24.7 Å². The minimum absolute atomic E-state index is 0.00912. The van der Waals surface area contributed by atoms with E-state index in [9.17, 15) is 9.35 Å². The molecule has 0 aliphatic carbocycles. The maximum atomic E-state index is 12.4. The van der Waals surface area contributed by atoms with Crippen LogP contribution in [0.25, 0.3) is 0 Å². The molecule has 0 radical (unpaired) electrons. The number of nitrogens with one attached hydrogen (secondary N) is 1. The van der Waals surface area contributed by atoms with Crippen LogP contribution in [0.4, 0.5) is 5.95 Å². The molecule has 0 aromatic carbocycles. The van der Waals surface area contributed by atoms with Gasteiger partial charge in [0.25, 0.3) is 5.56 Å². The van der Waals surface area contributed by atoms with Crippen LogP contribution in [0.3, 0.4) is 0 Å². The lowest BCUT2D eigenvalue weighted by atomic mass is 9.69. The maximum Gasteiger partial charge on any atom is 0.257 e. The minimum Gasteiger partial charge on any atom is -0.598 e. The Morgan fingerprint density at radius 2 is 2.04 bits per heavy atom. The van der Waals surface area contributed by atoms with Crippen LogP contribution in [0.2, 0.25) is 0 Å². The van der Waals surface area contributed by atoms with Gasteiger partial charge in [0.05, 0.1) is 12.7 Å². The predicted octanol–water partition coefficient (Wildman–Crippen LogP) is 1.76. The summed E-state index contributed by atoms with van der Waals surface area (Å²) in [6.07, 6.45) is 3.78. The second-order valence-electron chi connectivity index (χ2n) is 9.31. The summed E-state index contributed by atoms with van der Waals surface area (Å²) in [6, 6.07) is 0. The first-order valence-electron chi connectivity index (χ1n) is 10.1. The van der Waals surface area contributed by atoms with Gasteiger partial charge < -0.3 is 14.2 Å². The fourth-order valence-electron chi connectivity index (χ4n) is 4.40. The average molecular weight is 411 g/mol. The fourth-order valence-corrected chi connectivity index (χ4v) is 5.16. The smallest absolute Gasteiger partial charge is 0.257 e. The van der Waals surface area contributed by atoms with E-state index in [-0.39, 0.29) is 21.8 Å². The molecule has 1 aromatic heterocycles. The molecule has 1 N–H and O–H groups in total. The van der Waals surface area contributed by atoms with Crippen LogP contribution in [0, 0.1) is 18.3 Å². The van der Waals surface area contributed by atoms with E-state index >= 15 is 0 Å². The molecule has 3 atom stereocenters. The molecule has 1 unspecified atom stereocenters. The van der Waals surface area contributed by atoms with Crippen molar-refractivity contribution < 1.29 is 9.29 Å². The summed E-state index contributed by atoms with van der Waals surface area (Å²) >= 11 is -1.08. The molecule has 0 saturated carbocycles. The number of anilines is 1. The van der Waals surface area contributed by atoms with Gasteiger partial charge in [-0.3, -0.25) is 9.36 Å². The van der Waals surface area contributed by atoms with E-state index < -0.39 is 11.4 Å². The lowest BCUT2D eigenvalue weighted by Crippen LogP contribution is -2.50. The van der Waals surface area contributed by atoms with Crippen molar-refractivity contribution in [2.45, 2.75) is 58.3 Å². The van der Waals surface area contributed by atoms with Gasteiger partial charge in [-0.15, -0.1) is 4.72 Å². The SMILES string of the molecule is Cc1cnc(N2CCC3(CC2)CO[C@@H](C)[C@H]3CN[S+]([O-])C(C)(C)C)n(C)c1=O. The summed E-state index contributed by atoms with van der Waals surface area (Å²) in [4.78, 5) is 19.0. The Kier molecular flexibility index (Phi) is 6.15. The number of hydrogen-bond acceptors (Lipinski definition) is 6. The normalized spacial score (nSPS) is 26.0. The highest BCUT2D eigenvalue weighted by Crippen LogP contribution is 2.46. The van der Waals surface area contributed by atoms with Crippen molar-refractivity contribution in [1.82, 2.24) is 14.3 Å². The van der Waals surface area contributed by atoms with E-state index in [0.29, 0.717) is 18.0 Å². The summed E-state index contributed by atoms with van der Waals surface area (Å²) in [7, 11) is 1.79. The van der Waals surface area contributed by atoms with Gasteiger partial charge >= 0.3 is 0 Å². The molecule has 0 amide bonds. The van der Waals surface area contributed by atoms with Crippen LogP contribution >= 0.6 is 0 Å². The van der Waals surface area contributed by atoms with Crippen molar-refractivity contribution in [3.8, 4) is 0 Å².